The fourth-order valence-electron chi connectivity index (χ4n) is 1.71. The molecule has 1 aliphatic carbocycles. The lowest BCUT2D eigenvalue weighted by atomic mass is 10.0. The zero-order chi connectivity index (χ0) is 12.7. The molecule has 7 heteroatoms. The molecule has 1 aliphatic rings. The van der Waals surface area contributed by atoms with E-state index in [0.717, 1.165) is 12.8 Å². The van der Waals surface area contributed by atoms with Gasteiger partial charge in [-0.1, -0.05) is 0 Å². The van der Waals surface area contributed by atoms with Gasteiger partial charge in [0.15, 0.2) is 0 Å². The summed E-state index contributed by atoms with van der Waals surface area (Å²) in [5, 5.41) is 13.8. The number of rotatable bonds is 5. The molecule has 0 spiro atoms. The molecular weight excluding hydrogens is 242 g/mol. The van der Waals surface area contributed by atoms with Gasteiger partial charge in [0.1, 0.15) is 4.90 Å². The summed E-state index contributed by atoms with van der Waals surface area (Å²) in [7, 11) is -1.92. The molecule has 0 amide bonds. The van der Waals surface area contributed by atoms with Gasteiger partial charge in [-0.3, -0.25) is 4.68 Å². The minimum atomic E-state index is -3.57. The summed E-state index contributed by atoms with van der Waals surface area (Å²) in [6.45, 7) is 1.70. The Labute approximate surface area is 101 Å². The van der Waals surface area contributed by atoms with E-state index in [0.29, 0.717) is 0 Å². The van der Waals surface area contributed by atoms with Crippen LogP contribution in [-0.4, -0.2) is 35.5 Å². The number of hydrogen-bond acceptors (Lipinski definition) is 4. The Hall–Kier alpha value is -0.920. The predicted molar refractivity (Wildman–Crippen MR) is 61.7 cm³/mol. The van der Waals surface area contributed by atoms with E-state index in [4.69, 9.17) is 0 Å². The summed E-state index contributed by atoms with van der Waals surface area (Å²) < 4.78 is 27.6. The summed E-state index contributed by atoms with van der Waals surface area (Å²) in [6, 6.07) is 0. The average molecular weight is 259 g/mol. The third-order valence-corrected chi connectivity index (χ3v) is 4.42. The van der Waals surface area contributed by atoms with Gasteiger partial charge in [-0.25, -0.2) is 13.1 Å². The molecule has 0 radical (unpaired) electrons. The van der Waals surface area contributed by atoms with Crippen molar-refractivity contribution in [2.45, 2.75) is 30.3 Å². The quantitative estimate of drug-likeness (QED) is 0.771. The summed E-state index contributed by atoms with van der Waals surface area (Å²) in [4.78, 5) is 0.117. The van der Waals surface area contributed by atoms with Crippen molar-refractivity contribution in [2.24, 2.45) is 13.0 Å². The highest BCUT2D eigenvalue weighted by molar-refractivity contribution is 7.89. The van der Waals surface area contributed by atoms with Crippen molar-refractivity contribution < 1.29 is 13.5 Å². The predicted octanol–water partition coefficient (Wildman–Crippen LogP) is -0.141. The Balaban J connectivity index is 2.03. The minimum absolute atomic E-state index is 0.0366. The van der Waals surface area contributed by atoms with Gasteiger partial charge in [-0.05, 0) is 25.7 Å². The lowest BCUT2D eigenvalue weighted by Crippen LogP contribution is -2.42. The molecule has 0 aromatic carbocycles. The third kappa shape index (κ3) is 2.85. The lowest BCUT2D eigenvalue weighted by molar-refractivity contribution is 0.0422. The van der Waals surface area contributed by atoms with Crippen LogP contribution in [0.3, 0.4) is 0 Å². The first-order valence-corrected chi connectivity index (χ1v) is 7.00. The Morgan fingerprint density at radius 3 is 2.76 bits per heavy atom. The number of nitrogens with zero attached hydrogens (tertiary/aromatic N) is 2. The van der Waals surface area contributed by atoms with Crippen LogP contribution in [0.15, 0.2) is 17.3 Å². The van der Waals surface area contributed by atoms with E-state index in [9.17, 15) is 13.5 Å². The molecule has 1 fully saturated rings. The second kappa shape index (κ2) is 4.08. The first-order valence-electron chi connectivity index (χ1n) is 5.52. The van der Waals surface area contributed by atoms with Crippen molar-refractivity contribution in [1.29, 1.82) is 0 Å². The van der Waals surface area contributed by atoms with Crippen molar-refractivity contribution in [3.8, 4) is 0 Å². The molecule has 1 atom stereocenters. The summed E-state index contributed by atoms with van der Waals surface area (Å²) in [5.74, 6) is 0.207. The number of nitrogens with one attached hydrogen (secondary N) is 1. The average Bonchev–Trinajstić information content (AvgIpc) is 3.00. The van der Waals surface area contributed by atoms with Crippen LogP contribution in [0.4, 0.5) is 0 Å². The van der Waals surface area contributed by atoms with Crippen LogP contribution in [-0.2, 0) is 17.1 Å². The Bertz CT molecular complexity index is 503. The molecule has 0 bridgehead atoms. The molecule has 17 heavy (non-hydrogen) atoms. The van der Waals surface area contributed by atoms with Crippen molar-refractivity contribution in [1.82, 2.24) is 14.5 Å². The lowest BCUT2D eigenvalue weighted by Gasteiger charge is -2.22. The molecule has 0 unspecified atom stereocenters. The molecule has 1 aromatic heterocycles. The second-order valence-corrected chi connectivity index (χ2v) is 6.57. The van der Waals surface area contributed by atoms with Crippen LogP contribution in [0.25, 0.3) is 0 Å². The van der Waals surface area contributed by atoms with Crippen molar-refractivity contribution >= 4 is 10.0 Å². The van der Waals surface area contributed by atoms with E-state index >= 15 is 0 Å². The monoisotopic (exact) mass is 259 g/mol. The normalized spacial score (nSPS) is 20.2. The van der Waals surface area contributed by atoms with Crippen LogP contribution < -0.4 is 4.72 Å². The van der Waals surface area contributed by atoms with Crippen LogP contribution in [0.2, 0.25) is 0 Å². The Morgan fingerprint density at radius 1 is 1.65 bits per heavy atom. The number of hydrogen-bond donors (Lipinski definition) is 2. The van der Waals surface area contributed by atoms with Gasteiger partial charge in [0.2, 0.25) is 10.0 Å². The van der Waals surface area contributed by atoms with Crippen molar-refractivity contribution in [3.05, 3.63) is 12.4 Å². The van der Waals surface area contributed by atoms with Gasteiger partial charge in [0, 0.05) is 19.8 Å². The summed E-state index contributed by atoms with van der Waals surface area (Å²) >= 11 is 0. The Kier molecular flexibility index (Phi) is 3.01. The van der Waals surface area contributed by atoms with E-state index in [1.165, 1.54) is 17.1 Å². The van der Waals surface area contributed by atoms with Crippen LogP contribution in [0, 0.1) is 5.92 Å². The van der Waals surface area contributed by atoms with Crippen LogP contribution in [0.1, 0.15) is 19.8 Å². The zero-order valence-corrected chi connectivity index (χ0v) is 10.7. The number of aromatic nitrogens is 2. The molecule has 2 N–H and O–H groups in total. The molecule has 0 saturated heterocycles. The number of sulfonamides is 1. The topological polar surface area (TPSA) is 84.2 Å². The molecule has 2 rings (SSSR count). The van der Waals surface area contributed by atoms with E-state index < -0.39 is 15.6 Å². The number of aryl methyl sites for hydroxylation is 1. The SMILES string of the molecule is Cn1cc(S(=O)(=O)NC[C@@](C)(O)C2CC2)cn1. The minimum Gasteiger partial charge on any atom is -0.389 e. The smallest absolute Gasteiger partial charge is 0.243 e. The highest BCUT2D eigenvalue weighted by Crippen LogP contribution is 2.39. The molecule has 6 nitrogen and oxygen atoms in total. The standard InChI is InChI=1S/C10H17N3O3S/c1-10(14,8-3-4-8)7-12-17(15,16)9-5-11-13(2)6-9/h5-6,8,12,14H,3-4,7H2,1-2H3/t10-/m1/s1. The maximum absolute atomic E-state index is 11.9. The van der Waals surface area contributed by atoms with E-state index in [1.807, 2.05) is 0 Å². The molecule has 96 valence electrons. The van der Waals surface area contributed by atoms with Gasteiger partial charge in [0.25, 0.3) is 0 Å². The molecular formula is C10H17N3O3S. The highest BCUT2D eigenvalue weighted by atomic mass is 32.2. The van der Waals surface area contributed by atoms with Crippen LogP contribution in [0.5, 0.6) is 0 Å². The maximum Gasteiger partial charge on any atom is 0.243 e. The maximum atomic E-state index is 11.9. The first-order chi connectivity index (χ1) is 7.81. The molecule has 1 heterocycles. The first kappa shape index (κ1) is 12.5. The third-order valence-electron chi connectivity index (χ3n) is 3.07. The van der Waals surface area contributed by atoms with Gasteiger partial charge < -0.3 is 5.11 Å². The second-order valence-electron chi connectivity index (χ2n) is 4.81. The fraction of sp³-hybridized carbons (Fsp3) is 0.700. The highest BCUT2D eigenvalue weighted by Gasteiger charge is 2.40. The van der Waals surface area contributed by atoms with Gasteiger partial charge in [-0.2, -0.15) is 5.10 Å². The molecule has 0 aliphatic heterocycles. The van der Waals surface area contributed by atoms with Gasteiger partial charge in [-0.15, -0.1) is 0 Å². The van der Waals surface area contributed by atoms with Crippen molar-refractivity contribution in [2.75, 3.05) is 6.54 Å². The number of aliphatic hydroxyl groups is 1. The van der Waals surface area contributed by atoms with E-state index in [1.54, 1.807) is 14.0 Å². The Morgan fingerprint density at radius 2 is 2.29 bits per heavy atom. The van der Waals surface area contributed by atoms with E-state index in [-0.39, 0.29) is 17.4 Å². The molecule has 1 aromatic rings. The zero-order valence-electron chi connectivity index (χ0n) is 9.92. The van der Waals surface area contributed by atoms with Gasteiger partial charge in [0.05, 0.1) is 11.8 Å². The summed E-state index contributed by atoms with van der Waals surface area (Å²) in [6.07, 6.45) is 4.63. The molecule has 1 saturated carbocycles. The van der Waals surface area contributed by atoms with Crippen molar-refractivity contribution in [3.63, 3.8) is 0 Å². The van der Waals surface area contributed by atoms with Gasteiger partial charge >= 0.3 is 0 Å². The van der Waals surface area contributed by atoms with E-state index in [2.05, 4.69) is 9.82 Å². The summed E-state index contributed by atoms with van der Waals surface area (Å²) in [5.41, 5.74) is -0.963. The fourth-order valence-corrected chi connectivity index (χ4v) is 2.84. The largest absolute Gasteiger partial charge is 0.389 e. The van der Waals surface area contributed by atoms with Crippen LogP contribution >= 0.6 is 0 Å².